The zero-order valence-corrected chi connectivity index (χ0v) is 8.02. The van der Waals surface area contributed by atoms with Crippen molar-refractivity contribution in [3.63, 3.8) is 0 Å². The maximum atomic E-state index is 10.8. The third kappa shape index (κ3) is 2.70. The van der Waals surface area contributed by atoms with Gasteiger partial charge in [-0.3, -0.25) is 4.79 Å². The number of carboxylic acids is 1. The van der Waals surface area contributed by atoms with Crippen LogP contribution in [0.25, 0.3) is 0 Å². The topological polar surface area (TPSA) is 95.6 Å². The summed E-state index contributed by atoms with van der Waals surface area (Å²) in [5.41, 5.74) is 5.79. The Balaban J connectivity index is 2.41. The van der Waals surface area contributed by atoms with Crippen molar-refractivity contribution in [1.82, 2.24) is 5.32 Å². The van der Waals surface area contributed by atoms with E-state index < -0.39 is 12.0 Å². The molecule has 0 aromatic rings. The Kier molecular flexibility index (Phi) is 4.38. The molecule has 14 heavy (non-hydrogen) atoms. The first-order valence-electron chi connectivity index (χ1n) is 4.84. The van der Waals surface area contributed by atoms with E-state index >= 15 is 0 Å². The third-order valence-electron chi connectivity index (χ3n) is 2.69. The second kappa shape index (κ2) is 5.33. The van der Waals surface area contributed by atoms with Gasteiger partial charge in [0.2, 0.25) is 0 Å². The molecule has 0 spiro atoms. The maximum Gasteiger partial charge on any atom is 0.321 e. The van der Waals surface area contributed by atoms with Gasteiger partial charge in [-0.25, -0.2) is 0 Å². The highest BCUT2D eigenvalue weighted by Gasteiger charge is 2.37. The number of rotatable bonds is 5. The third-order valence-corrected chi connectivity index (χ3v) is 2.69. The van der Waals surface area contributed by atoms with Gasteiger partial charge < -0.3 is 21.2 Å². The van der Waals surface area contributed by atoms with Crippen LogP contribution in [0.1, 0.15) is 12.8 Å². The van der Waals surface area contributed by atoms with Gasteiger partial charge in [-0.2, -0.15) is 0 Å². The second-order valence-electron chi connectivity index (χ2n) is 3.67. The SMILES string of the molecule is NC1CN[C@H](C(=O)O)C1CCC[B]O. The van der Waals surface area contributed by atoms with Crippen molar-refractivity contribution in [2.45, 2.75) is 31.2 Å². The Morgan fingerprint density at radius 2 is 2.36 bits per heavy atom. The number of nitrogens with two attached hydrogens (primary N) is 1. The molecular formula is C8H16BN2O3. The van der Waals surface area contributed by atoms with Gasteiger partial charge in [-0.15, -0.1) is 0 Å². The molecule has 1 saturated heterocycles. The number of hydrogen-bond donors (Lipinski definition) is 4. The van der Waals surface area contributed by atoms with E-state index in [1.165, 1.54) is 0 Å². The lowest BCUT2D eigenvalue weighted by Gasteiger charge is -2.18. The lowest BCUT2D eigenvalue weighted by Crippen LogP contribution is -2.37. The minimum atomic E-state index is -0.837. The lowest BCUT2D eigenvalue weighted by atomic mass is 9.85. The normalized spacial score (nSPS) is 31.7. The van der Waals surface area contributed by atoms with E-state index in [2.05, 4.69) is 5.32 Å². The molecule has 0 aromatic carbocycles. The zero-order chi connectivity index (χ0) is 10.6. The number of carboxylic acid groups (broad SMARTS) is 1. The number of carbonyl (C=O) groups is 1. The Bertz CT molecular complexity index is 203. The summed E-state index contributed by atoms with van der Waals surface area (Å²) >= 11 is 0. The van der Waals surface area contributed by atoms with Gasteiger partial charge in [0.25, 0.3) is 7.48 Å². The van der Waals surface area contributed by atoms with E-state index in [-0.39, 0.29) is 12.0 Å². The van der Waals surface area contributed by atoms with Gasteiger partial charge in [-0.1, -0.05) is 12.7 Å². The van der Waals surface area contributed by atoms with Crippen LogP contribution >= 0.6 is 0 Å². The Morgan fingerprint density at radius 3 is 2.93 bits per heavy atom. The van der Waals surface area contributed by atoms with E-state index in [9.17, 15) is 4.79 Å². The maximum absolute atomic E-state index is 10.8. The monoisotopic (exact) mass is 199 g/mol. The lowest BCUT2D eigenvalue weighted by molar-refractivity contribution is -0.140. The number of hydrogen-bond acceptors (Lipinski definition) is 4. The van der Waals surface area contributed by atoms with Crippen LogP contribution in [0.4, 0.5) is 0 Å². The van der Waals surface area contributed by atoms with Crippen LogP contribution in [0, 0.1) is 5.92 Å². The summed E-state index contributed by atoms with van der Waals surface area (Å²) in [4.78, 5) is 10.8. The first-order valence-corrected chi connectivity index (χ1v) is 4.84. The highest BCUT2D eigenvalue weighted by molar-refractivity contribution is 6.25. The van der Waals surface area contributed by atoms with Crippen molar-refractivity contribution >= 4 is 13.5 Å². The predicted molar refractivity (Wildman–Crippen MR) is 52.9 cm³/mol. The van der Waals surface area contributed by atoms with E-state index in [1.807, 2.05) is 0 Å². The summed E-state index contributed by atoms with van der Waals surface area (Å²) in [6.07, 6.45) is 2.11. The summed E-state index contributed by atoms with van der Waals surface area (Å²) in [5.74, 6) is -0.858. The fourth-order valence-electron chi connectivity index (χ4n) is 1.91. The standard InChI is InChI=1S/C8H16BN2O3/c10-6-4-11-7(8(12)13)5(6)2-1-3-9-14/h5-7,11,14H,1-4,10H2,(H,12,13)/t5?,6?,7-/m0/s1. The molecule has 6 heteroatoms. The van der Waals surface area contributed by atoms with Gasteiger partial charge in [0.05, 0.1) is 0 Å². The molecule has 0 bridgehead atoms. The Hall–Kier alpha value is -0.585. The van der Waals surface area contributed by atoms with Crippen LogP contribution < -0.4 is 11.1 Å². The molecule has 5 nitrogen and oxygen atoms in total. The molecule has 0 amide bonds. The molecule has 1 radical (unpaired) electrons. The fourth-order valence-corrected chi connectivity index (χ4v) is 1.91. The largest absolute Gasteiger partial charge is 0.480 e. The average Bonchev–Trinajstić information content (AvgIpc) is 2.48. The van der Waals surface area contributed by atoms with Crippen LogP contribution in [0.5, 0.6) is 0 Å². The van der Waals surface area contributed by atoms with Crippen molar-refractivity contribution in [2.75, 3.05) is 6.54 Å². The van der Waals surface area contributed by atoms with Gasteiger partial charge in [0.1, 0.15) is 6.04 Å². The van der Waals surface area contributed by atoms with Gasteiger partial charge in [-0.05, 0) is 6.42 Å². The summed E-state index contributed by atoms with van der Waals surface area (Å²) < 4.78 is 0. The molecule has 1 fully saturated rings. The van der Waals surface area contributed by atoms with Crippen molar-refractivity contribution < 1.29 is 14.9 Å². The molecule has 0 aromatic heterocycles. The predicted octanol–water partition coefficient (Wildman–Crippen LogP) is -1.20. The molecular weight excluding hydrogens is 183 g/mol. The second-order valence-corrected chi connectivity index (χ2v) is 3.67. The van der Waals surface area contributed by atoms with Gasteiger partial charge >= 0.3 is 5.97 Å². The minimum Gasteiger partial charge on any atom is -0.480 e. The van der Waals surface area contributed by atoms with Crippen LogP contribution in [-0.2, 0) is 4.79 Å². The first-order chi connectivity index (χ1) is 6.66. The van der Waals surface area contributed by atoms with Gasteiger partial charge in [0, 0.05) is 18.5 Å². The number of aliphatic carboxylic acids is 1. The molecule has 2 unspecified atom stereocenters. The summed E-state index contributed by atoms with van der Waals surface area (Å²) in [6.45, 7) is 0.560. The van der Waals surface area contributed by atoms with E-state index in [0.29, 0.717) is 12.9 Å². The van der Waals surface area contributed by atoms with Gasteiger partial charge in [0.15, 0.2) is 0 Å². The highest BCUT2D eigenvalue weighted by atomic mass is 16.4. The van der Waals surface area contributed by atoms with E-state index in [0.717, 1.165) is 20.3 Å². The molecule has 3 atom stereocenters. The summed E-state index contributed by atoms with van der Waals surface area (Å²) in [7, 11) is 1.10. The van der Waals surface area contributed by atoms with Crippen molar-refractivity contribution in [1.29, 1.82) is 0 Å². The van der Waals surface area contributed by atoms with Crippen LogP contribution in [0.2, 0.25) is 6.32 Å². The molecule has 1 aliphatic heterocycles. The summed E-state index contributed by atoms with van der Waals surface area (Å²) in [5, 5.41) is 20.3. The summed E-state index contributed by atoms with van der Waals surface area (Å²) in [6, 6.07) is -0.613. The Labute approximate surface area is 83.9 Å². The molecule has 1 heterocycles. The molecule has 1 rings (SSSR count). The molecule has 5 N–H and O–H groups in total. The fraction of sp³-hybridized carbons (Fsp3) is 0.875. The van der Waals surface area contributed by atoms with Crippen LogP contribution in [0.15, 0.2) is 0 Å². The first kappa shape index (κ1) is 11.5. The number of nitrogens with one attached hydrogen (secondary N) is 1. The molecule has 0 saturated carbocycles. The van der Waals surface area contributed by atoms with Crippen LogP contribution in [-0.4, -0.2) is 42.2 Å². The highest BCUT2D eigenvalue weighted by Crippen LogP contribution is 2.21. The smallest absolute Gasteiger partial charge is 0.321 e. The van der Waals surface area contributed by atoms with E-state index in [4.69, 9.17) is 15.9 Å². The zero-order valence-electron chi connectivity index (χ0n) is 8.02. The van der Waals surface area contributed by atoms with Crippen molar-refractivity contribution in [3.8, 4) is 0 Å². The quantitative estimate of drug-likeness (QED) is 0.329. The molecule has 1 aliphatic rings. The average molecular weight is 199 g/mol. The van der Waals surface area contributed by atoms with E-state index in [1.54, 1.807) is 0 Å². The van der Waals surface area contributed by atoms with Crippen molar-refractivity contribution in [2.24, 2.45) is 11.7 Å². The Morgan fingerprint density at radius 1 is 1.64 bits per heavy atom. The molecule has 0 aliphatic carbocycles. The molecule has 79 valence electrons. The minimum absolute atomic E-state index is 0.0209. The van der Waals surface area contributed by atoms with Crippen LogP contribution in [0.3, 0.4) is 0 Å². The van der Waals surface area contributed by atoms with Crippen molar-refractivity contribution in [3.05, 3.63) is 0 Å².